The van der Waals surface area contributed by atoms with Gasteiger partial charge in [-0.05, 0) is 43.2 Å². The second kappa shape index (κ2) is 8.36. The molecule has 0 atom stereocenters. The largest absolute Gasteiger partial charge is 0.454 e. The van der Waals surface area contributed by atoms with Gasteiger partial charge < -0.3 is 4.74 Å². The summed E-state index contributed by atoms with van der Waals surface area (Å²) in [4.78, 5) is 41.7. The van der Waals surface area contributed by atoms with E-state index in [0.717, 1.165) is 21.5 Å². The van der Waals surface area contributed by atoms with Crippen LogP contribution in [0.15, 0.2) is 40.5 Å². The number of aromatic nitrogens is 3. The minimum Gasteiger partial charge on any atom is -0.454 e. The van der Waals surface area contributed by atoms with E-state index in [0.29, 0.717) is 10.8 Å². The standard InChI is InChI=1S/C20H20N4O4S/c1-12-5-6-16(9-13(12)2)24(14(3)25)20-21-15(11-29-20)10-28-19(27)17-7-8-18(26)23(4)22-17/h5-9,11H,10H2,1-4H3. The molecule has 3 aromatic rings. The summed E-state index contributed by atoms with van der Waals surface area (Å²) in [6, 6.07) is 8.32. The zero-order valence-electron chi connectivity index (χ0n) is 16.5. The lowest BCUT2D eigenvalue weighted by Gasteiger charge is -2.19. The minimum absolute atomic E-state index is 0.0306. The van der Waals surface area contributed by atoms with Crippen LogP contribution in [0.1, 0.15) is 34.2 Å². The van der Waals surface area contributed by atoms with Crippen LogP contribution in [0.2, 0.25) is 0 Å². The molecule has 0 aliphatic heterocycles. The highest BCUT2D eigenvalue weighted by molar-refractivity contribution is 7.14. The molecule has 1 amide bonds. The van der Waals surface area contributed by atoms with Crippen molar-refractivity contribution in [1.82, 2.24) is 14.8 Å². The third kappa shape index (κ3) is 4.57. The summed E-state index contributed by atoms with van der Waals surface area (Å²) < 4.78 is 6.29. The predicted molar refractivity (Wildman–Crippen MR) is 109 cm³/mol. The van der Waals surface area contributed by atoms with Crippen molar-refractivity contribution in [2.75, 3.05) is 4.90 Å². The summed E-state index contributed by atoms with van der Waals surface area (Å²) in [5.41, 5.74) is 3.16. The molecule has 0 aliphatic carbocycles. The van der Waals surface area contributed by atoms with E-state index in [2.05, 4.69) is 10.1 Å². The Morgan fingerprint density at radius 1 is 1.17 bits per heavy atom. The van der Waals surface area contributed by atoms with Crippen molar-refractivity contribution in [3.63, 3.8) is 0 Å². The van der Waals surface area contributed by atoms with Gasteiger partial charge >= 0.3 is 5.97 Å². The number of carbonyl (C=O) groups is 2. The minimum atomic E-state index is -0.660. The van der Waals surface area contributed by atoms with Crippen LogP contribution < -0.4 is 10.5 Å². The van der Waals surface area contributed by atoms with Crippen molar-refractivity contribution in [1.29, 1.82) is 0 Å². The monoisotopic (exact) mass is 412 g/mol. The van der Waals surface area contributed by atoms with Crippen molar-refractivity contribution >= 4 is 34.0 Å². The number of ether oxygens (including phenoxy) is 1. The number of rotatable bonds is 5. The average Bonchev–Trinajstić information content (AvgIpc) is 3.13. The number of benzene rings is 1. The molecular formula is C20H20N4O4S. The normalized spacial score (nSPS) is 10.6. The van der Waals surface area contributed by atoms with Gasteiger partial charge in [-0.15, -0.1) is 11.3 Å². The van der Waals surface area contributed by atoms with E-state index in [1.165, 1.54) is 42.3 Å². The maximum Gasteiger partial charge on any atom is 0.359 e. The summed E-state index contributed by atoms with van der Waals surface area (Å²) in [5.74, 6) is -0.826. The molecule has 0 spiro atoms. The Morgan fingerprint density at radius 2 is 1.93 bits per heavy atom. The van der Waals surface area contributed by atoms with Crippen LogP contribution in [0, 0.1) is 13.8 Å². The summed E-state index contributed by atoms with van der Waals surface area (Å²) in [7, 11) is 1.45. The van der Waals surface area contributed by atoms with E-state index in [4.69, 9.17) is 4.74 Å². The average molecular weight is 412 g/mol. The number of hydrogen-bond donors (Lipinski definition) is 0. The van der Waals surface area contributed by atoms with Crippen LogP contribution in [-0.4, -0.2) is 26.6 Å². The lowest BCUT2D eigenvalue weighted by Crippen LogP contribution is -2.23. The first kappa shape index (κ1) is 20.4. The Balaban J connectivity index is 1.75. The highest BCUT2D eigenvalue weighted by Gasteiger charge is 2.19. The molecule has 150 valence electrons. The summed E-state index contributed by atoms with van der Waals surface area (Å²) in [5, 5.41) is 6.08. The number of anilines is 2. The van der Waals surface area contributed by atoms with E-state index < -0.39 is 5.97 Å². The first-order chi connectivity index (χ1) is 13.8. The number of aryl methyl sites for hydroxylation is 3. The third-order valence-electron chi connectivity index (χ3n) is 4.32. The van der Waals surface area contributed by atoms with Crippen LogP contribution in [0.4, 0.5) is 10.8 Å². The van der Waals surface area contributed by atoms with Crippen LogP contribution in [-0.2, 0) is 23.2 Å². The second-order valence-corrected chi connectivity index (χ2v) is 7.34. The molecule has 0 fully saturated rings. The van der Waals surface area contributed by atoms with E-state index in [1.807, 2.05) is 32.0 Å². The Morgan fingerprint density at radius 3 is 2.59 bits per heavy atom. The van der Waals surface area contributed by atoms with Gasteiger partial charge in [0.2, 0.25) is 5.91 Å². The number of amides is 1. The molecule has 0 aliphatic rings. The van der Waals surface area contributed by atoms with E-state index in [1.54, 1.807) is 5.38 Å². The molecule has 1 aromatic carbocycles. The molecule has 0 N–H and O–H groups in total. The van der Waals surface area contributed by atoms with Crippen LogP contribution in [0.5, 0.6) is 0 Å². The fourth-order valence-corrected chi connectivity index (χ4v) is 3.45. The van der Waals surface area contributed by atoms with Crippen molar-refractivity contribution in [2.24, 2.45) is 7.05 Å². The topological polar surface area (TPSA) is 94.4 Å². The van der Waals surface area contributed by atoms with Crippen LogP contribution >= 0.6 is 11.3 Å². The molecule has 3 rings (SSSR count). The van der Waals surface area contributed by atoms with E-state index >= 15 is 0 Å². The van der Waals surface area contributed by atoms with Crippen molar-refractivity contribution in [3.05, 3.63) is 68.6 Å². The smallest absolute Gasteiger partial charge is 0.359 e. The summed E-state index contributed by atoms with van der Waals surface area (Å²) in [6.07, 6.45) is 0. The van der Waals surface area contributed by atoms with Gasteiger partial charge in [-0.2, -0.15) is 5.10 Å². The summed E-state index contributed by atoms with van der Waals surface area (Å²) >= 11 is 1.28. The maximum absolute atomic E-state index is 12.2. The van der Waals surface area contributed by atoms with Gasteiger partial charge in [0.1, 0.15) is 6.61 Å². The molecule has 0 saturated carbocycles. The SMILES string of the molecule is CC(=O)N(c1ccc(C)c(C)c1)c1nc(COC(=O)c2ccc(=O)n(C)n2)cs1. The quantitative estimate of drug-likeness (QED) is 0.598. The van der Waals surface area contributed by atoms with Crippen molar-refractivity contribution < 1.29 is 14.3 Å². The molecule has 0 radical (unpaired) electrons. The molecular weight excluding hydrogens is 392 g/mol. The van der Waals surface area contributed by atoms with E-state index in [9.17, 15) is 14.4 Å². The molecule has 2 aromatic heterocycles. The number of esters is 1. The fourth-order valence-electron chi connectivity index (χ4n) is 2.58. The van der Waals surface area contributed by atoms with Gasteiger partial charge in [0.25, 0.3) is 5.56 Å². The molecule has 29 heavy (non-hydrogen) atoms. The Labute approximate surface area is 171 Å². The molecule has 0 unspecified atom stereocenters. The Hall–Kier alpha value is -3.33. The Bertz CT molecular complexity index is 1140. The first-order valence-corrected chi connectivity index (χ1v) is 9.68. The van der Waals surface area contributed by atoms with Crippen LogP contribution in [0.25, 0.3) is 0 Å². The highest BCUT2D eigenvalue weighted by atomic mass is 32.1. The third-order valence-corrected chi connectivity index (χ3v) is 5.19. The van der Waals surface area contributed by atoms with Gasteiger partial charge in [-0.25, -0.2) is 14.5 Å². The molecule has 0 bridgehead atoms. The predicted octanol–water partition coefficient (Wildman–Crippen LogP) is 2.90. The number of nitrogens with zero attached hydrogens (tertiary/aromatic N) is 4. The molecule has 2 heterocycles. The first-order valence-electron chi connectivity index (χ1n) is 8.80. The molecule has 8 nitrogen and oxygen atoms in total. The van der Waals surface area contributed by atoms with Gasteiger partial charge in [-0.1, -0.05) is 6.07 Å². The maximum atomic E-state index is 12.2. The van der Waals surface area contributed by atoms with Gasteiger partial charge in [0, 0.05) is 25.4 Å². The van der Waals surface area contributed by atoms with E-state index in [-0.39, 0.29) is 23.8 Å². The lowest BCUT2D eigenvalue weighted by atomic mass is 10.1. The molecule has 9 heteroatoms. The van der Waals surface area contributed by atoms with Crippen LogP contribution in [0.3, 0.4) is 0 Å². The second-order valence-electron chi connectivity index (χ2n) is 6.50. The lowest BCUT2D eigenvalue weighted by molar-refractivity contribution is -0.115. The van der Waals surface area contributed by atoms with Gasteiger partial charge in [0.05, 0.1) is 11.4 Å². The zero-order chi connectivity index (χ0) is 21.1. The van der Waals surface area contributed by atoms with Gasteiger partial charge in [-0.3, -0.25) is 14.5 Å². The number of hydrogen-bond acceptors (Lipinski definition) is 7. The zero-order valence-corrected chi connectivity index (χ0v) is 17.3. The van der Waals surface area contributed by atoms with Crippen molar-refractivity contribution in [3.8, 4) is 0 Å². The Kier molecular flexibility index (Phi) is 5.88. The number of thiazole rings is 1. The molecule has 0 saturated heterocycles. The number of carbonyl (C=O) groups excluding carboxylic acids is 2. The summed E-state index contributed by atoms with van der Waals surface area (Å²) in [6.45, 7) is 5.39. The highest BCUT2D eigenvalue weighted by Crippen LogP contribution is 2.30. The fraction of sp³-hybridized carbons (Fsp3) is 0.250. The van der Waals surface area contributed by atoms with Gasteiger partial charge in [0.15, 0.2) is 10.8 Å². The van der Waals surface area contributed by atoms with Crippen molar-refractivity contribution in [2.45, 2.75) is 27.4 Å².